The maximum atomic E-state index is 12.1. The molecule has 1 aromatic rings. The summed E-state index contributed by atoms with van der Waals surface area (Å²) in [7, 11) is 0. The van der Waals surface area contributed by atoms with Crippen LogP contribution in [0, 0.1) is 10.1 Å². The summed E-state index contributed by atoms with van der Waals surface area (Å²) >= 11 is 0. The molecule has 0 fully saturated rings. The minimum Gasteiger partial charge on any atom is -0.351 e. The number of aromatic nitrogens is 2. The summed E-state index contributed by atoms with van der Waals surface area (Å²) in [5, 5.41) is 10.9. The largest absolute Gasteiger partial charge is 0.351 e. The maximum Gasteiger partial charge on any atom is 0.350 e. The minimum atomic E-state index is -0.959. The molecule has 1 aromatic heterocycles. The third-order valence-electron chi connectivity index (χ3n) is 2.79. The van der Waals surface area contributed by atoms with E-state index in [1.54, 1.807) is 20.8 Å². The average molecular weight is 301 g/mol. The van der Waals surface area contributed by atoms with Crippen molar-refractivity contribution >= 4 is 5.69 Å². The molecule has 0 unspecified atom stereocenters. The summed E-state index contributed by atoms with van der Waals surface area (Å²) in [6, 6.07) is 0. The van der Waals surface area contributed by atoms with Gasteiger partial charge in [-0.3, -0.25) is 19.5 Å². The SMILES string of the molecule is CCOC(Cn1c(=O)c([N+](=O)[O-])cn(CC)c1=O)OCC. The zero-order chi connectivity index (χ0) is 16.0. The lowest BCUT2D eigenvalue weighted by atomic mass is 10.4. The van der Waals surface area contributed by atoms with Crippen LogP contribution < -0.4 is 11.2 Å². The van der Waals surface area contributed by atoms with Crippen molar-refractivity contribution in [2.45, 2.75) is 40.2 Å². The van der Waals surface area contributed by atoms with Gasteiger partial charge >= 0.3 is 16.9 Å². The molecule has 0 saturated heterocycles. The molecular formula is C12H19N3O6. The van der Waals surface area contributed by atoms with E-state index in [4.69, 9.17) is 9.47 Å². The molecule has 1 heterocycles. The fourth-order valence-electron chi connectivity index (χ4n) is 1.83. The van der Waals surface area contributed by atoms with Crippen molar-refractivity contribution in [3.63, 3.8) is 0 Å². The smallest absolute Gasteiger partial charge is 0.350 e. The predicted octanol–water partition coefficient (Wildman–Crippen LogP) is 0.337. The Kier molecular flexibility index (Phi) is 6.25. The van der Waals surface area contributed by atoms with Crippen molar-refractivity contribution in [2.75, 3.05) is 13.2 Å². The first-order chi connectivity index (χ1) is 9.96. The van der Waals surface area contributed by atoms with Crippen LogP contribution in [0.2, 0.25) is 0 Å². The molecule has 9 nitrogen and oxygen atoms in total. The highest BCUT2D eigenvalue weighted by atomic mass is 16.7. The number of aryl methyl sites for hydroxylation is 1. The molecule has 0 aromatic carbocycles. The van der Waals surface area contributed by atoms with Crippen LogP contribution in [0.15, 0.2) is 15.8 Å². The van der Waals surface area contributed by atoms with E-state index in [2.05, 4.69) is 0 Å². The Hall–Kier alpha value is -2.00. The van der Waals surface area contributed by atoms with Gasteiger partial charge in [0.25, 0.3) is 0 Å². The van der Waals surface area contributed by atoms with Gasteiger partial charge in [-0.1, -0.05) is 0 Å². The fraction of sp³-hybridized carbons (Fsp3) is 0.667. The second-order valence-electron chi connectivity index (χ2n) is 4.10. The highest BCUT2D eigenvalue weighted by Crippen LogP contribution is 2.03. The van der Waals surface area contributed by atoms with Crippen LogP contribution in [-0.4, -0.2) is 33.6 Å². The van der Waals surface area contributed by atoms with Crippen LogP contribution in [0.3, 0.4) is 0 Å². The van der Waals surface area contributed by atoms with Gasteiger partial charge in [0.2, 0.25) is 0 Å². The Morgan fingerprint density at radius 2 is 1.81 bits per heavy atom. The van der Waals surface area contributed by atoms with E-state index in [1.165, 1.54) is 0 Å². The lowest BCUT2D eigenvalue weighted by Gasteiger charge is -2.18. The van der Waals surface area contributed by atoms with Crippen molar-refractivity contribution in [3.8, 4) is 0 Å². The summed E-state index contributed by atoms with van der Waals surface area (Å²) in [6.45, 7) is 5.82. The van der Waals surface area contributed by atoms with Crippen molar-refractivity contribution < 1.29 is 14.4 Å². The Balaban J connectivity index is 3.33. The van der Waals surface area contributed by atoms with E-state index < -0.39 is 28.1 Å². The Morgan fingerprint density at radius 3 is 2.24 bits per heavy atom. The highest BCUT2D eigenvalue weighted by molar-refractivity contribution is 5.21. The molecule has 0 aliphatic heterocycles. The minimum absolute atomic E-state index is 0.193. The number of hydrogen-bond acceptors (Lipinski definition) is 6. The third-order valence-corrected chi connectivity index (χ3v) is 2.79. The number of nitrogens with zero attached hydrogens (tertiary/aromatic N) is 3. The van der Waals surface area contributed by atoms with E-state index in [1.807, 2.05) is 0 Å². The van der Waals surface area contributed by atoms with Crippen LogP contribution in [0.4, 0.5) is 5.69 Å². The molecule has 1 rings (SSSR count). The van der Waals surface area contributed by atoms with Gasteiger partial charge in [0, 0.05) is 19.8 Å². The zero-order valence-electron chi connectivity index (χ0n) is 12.3. The zero-order valence-corrected chi connectivity index (χ0v) is 12.3. The van der Waals surface area contributed by atoms with Crippen molar-refractivity contribution in [2.24, 2.45) is 0 Å². The average Bonchev–Trinajstić information content (AvgIpc) is 2.43. The first-order valence-electron chi connectivity index (χ1n) is 6.68. The number of hydrogen-bond donors (Lipinski definition) is 0. The Morgan fingerprint density at radius 1 is 1.24 bits per heavy atom. The number of rotatable bonds is 8. The molecule has 0 aliphatic carbocycles. The molecule has 0 spiro atoms. The van der Waals surface area contributed by atoms with Gasteiger partial charge in [0.15, 0.2) is 6.29 Å². The molecule has 0 aliphatic rings. The molecule has 118 valence electrons. The third kappa shape index (κ3) is 3.99. The normalized spacial score (nSPS) is 11.0. The fourth-order valence-corrected chi connectivity index (χ4v) is 1.83. The molecule has 21 heavy (non-hydrogen) atoms. The topological polar surface area (TPSA) is 106 Å². The van der Waals surface area contributed by atoms with E-state index in [-0.39, 0.29) is 13.1 Å². The Labute approximate surface area is 120 Å². The van der Waals surface area contributed by atoms with Crippen LogP contribution in [0.1, 0.15) is 20.8 Å². The van der Waals surface area contributed by atoms with Gasteiger partial charge < -0.3 is 9.47 Å². The predicted molar refractivity (Wildman–Crippen MR) is 74.3 cm³/mol. The first kappa shape index (κ1) is 17.1. The van der Waals surface area contributed by atoms with E-state index in [9.17, 15) is 19.7 Å². The molecule has 9 heteroatoms. The van der Waals surface area contributed by atoms with E-state index in [0.717, 1.165) is 15.3 Å². The van der Waals surface area contributed by atoms with Gasteiger partial charge in [-0.15, -0.1) is 0 Å². The molecular weight excluding hydrogens is 282 g/mol. The molecule has 0 saturated carbocycles. The van der Waals surface area contributed by atoms with Gasteiger partial charge in [-0.05, 0) is 20.8 Å². The number of nitro groups is 1. The quantitative estimate of drug-likeness (QED) is 0.389. The lowest BCUT2D eigenvalue weighted by Crippen LogP contribution is -2.43. The second-order valence-corrected chi connectivity index (χ2v) is 4.10. The Bertz CT molecular complexity index is 600. The van der Waals surface area contributed by atoms with Crippen LogP contribution >= 0.6 is 0 Å². The second kappa shape index (κ2) is 7.70. The van der Waals surface area contributed by atoms with Crippen molar-refractivity contribution in [1.82, 2.24) is 9.13 Å². The van der Waals surface area contributed by atoms with Crippen LogP contribution in [-0.2, 0) is 22.6 Å². The van der Waals surface area contributed by atoms with Crippen LogP contribution in [0.5, 0.6) is 0 Å². The van der Waals surface area contributed by atoms with E-state index in [0.29, 0.717) is 13.2 Å². The van der Waals surface area contributed by atoms with Gasteiger partial charge in [0.05, 0.1) is 17.7 Å². The summed E-state index contributed by atoms with van der Waals surface area (Å²) < 4.78 is 12.4. The van der Waals surface area contributed by atoms with Crippen LogP contribution in [0.25, 0.3) is 0 Å². The molecule has 0 N–H and O–H groups in total. The maximum absolute atomic E-state index is 12.1. The summed E-state index contributed by atoms with van der Waals surface area (Å²) in [5.74, 6) is 0. The number of ether oxygens (including phenoxy) is 2. The highest BCUT2D eigenvalue weighted by Gasteiger charge is 2.22. The monoisotopic (exact) mass is 301 g/mol. The van der Waals surface area contributed by atoms with E-state index >= 15 is 0 Å². The summed E-state index contributed by atoms with van der Waals surface area (Å²) in [6.07, 6.45) is 0.148. The summed E-state index contributed by atoms with van der Waals surface area (Å²) in [4.78, 5) is 34.3. The molecule has 0 radical (unpaired) electrons. The van der Waals surface area contributed by atoms with Gasteiger partial charge in [-0.2, -0.15) is 0 Å². The van der Waals surface area contributed by atoms with Crippen molar-refractivity contribution in [3.05, 3.63) is 37.1 Å². The van der Waals surface area contributed by atoms with Crippen molar-refractivity contribution in [1.29, 1.82) is 0 Å². The standard InChI is InChI=1S/C12H19N3O6/c1-4-13-7-9(15(18)19)11(16)14(12(13)17)8-10(20-5-2)21-6-3/h7,10H,4-6,8H2,1-3H3. The summed E-state index contributed by atoms with van der Waals surface area (Å²) in [5.41, 5.74) is -2.24. The van der Waals surface area contributed by atoms with Gasteiger partial charge in [0.1, 0.15) is 0 Å². The first-order valence-corrected chi connectivity index (χ1v) is 6.68. The van der Waals surface area contributed by atoms with Gasteiger partial charge in [-0.25, -0.2) is 9.36 Å². The molecule has 0 atom stereocenters. The molecule has 0 bridgehead atoms. The lowest BCUT2D eigenvalue weighted by molar-refractivity contribution is -0.387. The molecule has 0 amide bonds.